The van der Waals surface area contributed by atoms with Crippen LogP contribution in [0.4, 0.5) is 5.69 Å². The molecule has 0 spiro atoms. The molecule has 0 amide bonds. The van der Waals surface area contributed by atoms with Crippen molar-refractivity contribution in [1.29, 1.82) is 0 Å². The van der Waals surface area contributed by atoms with E-state index in [2.05, 4.69) is 17.1 Å². The molecule has 0 saturated heterocycles. The summed E-state index contributed by atoms with van der Waals surface area (Å²) >= 11 is 6.06. The van der Waals surface area contributed by atoms with E-state index in [0.29, 0.717) is 11.6 Å². The summed E-state index contributed by atoms with van der Waals surface area (Å²) < 4.78 is 0. The Morgan fingerprint density at radius 1 is 1.50 bits per heavy atom. The Labute approximate surface area is 124 Å². The molecular weight excluding hydrogens is 278 g/mol. The van der Waals surface area contributed by atoms with Gasteiger partial charge in [0.25, 0.3) is 5.69 Å². The van der Waals surface area contributed by atoms with Crippen LogP contribution in [-0.2, 0) is 6.54 Å². The van der Waals surface area contributed by atoms with Crippen molar-refractivity contribution in [2.45, 2.75) is 32.4 Å². The van der Waals surface area contributed by atoms with E-state index in [9.17, 15) is 10.1 Å². The van der Waals surface area contributed by atoms with Crippen molar-refractivity contribution in [3.8, 4) is 0 Å². The average Bonchev–Trinajstić information content (AvgIpc) is 3.25. The molecule has 1 N–H and O–H groups in total. The van der Waals surface area contributed by atoms with Crippen LogP contribution in [0.2, 0.25) is 5.02 Å². The maximum atomic E-state index is 10.7. The van der Waals surface area contributed by atoms with Crippen LogP contribution in [0.3, 0.4) is 0 Å². The fourth-order valence-corrected chi connectivity index (χ4v) is 2.48. The molecule has 0 aliphatic heterocycles. The molecule has 1 saturated carbocycles. The quantitative estimate of drug-likeness (QED) is 0.455. The molecule has 1 aliphatic carbocycles. The van der Waals surface area contributed by atoms with Crippen molar-refractivity contribution in [2.75, 3.05) is 19.6 Å². The molecule has 110 valence electrons. The third-order valence-corrected chi connectivity index (χ3v) is 3.97. The van der Waals surface area contributed by atoms with Gasteiger partial charge in [-0.05, 0) is 31.0 Å². The van der Waals surface area contributed by atoms with Crippen molar-refractivity contribution < 1.29 is 4.92 Å². The van der Waals surface area contributed by atoms with E-state index < -0.39 is 4.92 Å². The van der Waals surface area contributed by atoms with E-state index in [1.165, 1.54) is 25.0 Å². The number of benzene rings is 1. The molecule has 1 aliphatic rings. The molecule has 1 aromatic carbocycles. The lowest BCUT2D eigenvalue weighted by Gasteiger charge is -2.19. The fraction of sp³-hybridized carbons (Fsp3) is 0.571. The van der Waals surface area contributed by atoms with Crippen molar-refractivity contribution >= 4 is 17.3 Å². The summed E-state index contributed by atoms with van der Waals surface area (Å²) in [5.74, 6) is 0. The van der Waals surface area contributed by atoms with E-state index in [1.807, 2.05) is 0 Å². The molecule has 0 bridgehead atoms. The number of hydrogen-bond donors (Lipinski definition) is 1. The Kier molecular flexibility index (Phi) is 5.34. The van der Waals surface area contributed by atoms with Gasteiger partial charge in [0, 0.05) is 42.8 Å². The highest BCUT2D eigenvalue weighted by molar-refractivity contribution is 6.31. The van der Waals surface area contributed by atoms with Crippen LogP contribution in [0.15, 0.2) is 18.2 Å². The van der Waals surface area contributed by atoms with Gasteiger partial charge in [0.15, 0.2) is 0 Å². The molecule has 0 radical (unpaired) electrons. The highest BCUT2D eigenvalue weighted by Gasteiger charge is 2.26. The van der Waals surface area contributed by atoms with E-state index in [0.717, 1.165) is 31.2 Å². The first-order valence-corrected chi connectivity index (χ1v) is 7.37. The highest BCUT2D eigenvalue weighted by atomic mass is 35.5. The third-order valence-electron chi connectivity index (χ3n) is 3.60. The highest BCUT2D eigenvalue weighted by Crippen LogP contribution is 2.26. The first-order chi connectivity index (χ1) is 9.61. The predicted octanol–water partition coefficient (Wildman–Crippen LogP) is 2.82. The Hall–Kier alpha value is -1.17. The molecule has 0 aromatic heterocycles. The summed E-state index contributed by atoms with van der Waals surface area (Å²) in [6.07, 6.45) is 2.62. The number of likely N-dealkylation sites (N-methyl/N-ethyl adjacent to an activating group) is 1. The Balaban J connectivity index is 1.81. The lowest BCUT2D eigenvalue weighted by molar-refractivity contribution is -0.384. The van der Waals surface area contributed by atoms with Crippen LogP contribution < -0.4 is 5.32 Å². The molecule has 5 nitrogen and oxygen atoms in total. The lowest BCUT2D eigenvalue weighted by Crippen LogP contribution is -2.33. The summed E-state index contributed by atoms with van der Waals surface area (Å²) in [6, 6.07) is 5.31. The number of halogens is 1. The molecule has 2 rings (SSSR count). The summed E-state index contributed by atoms with van der Waals surface area (Å²) in [4.78, 5) is 12.8. The zero-order valence-electron chi connectivity index (χ0n) is 11.6. The maximum absolute atomic E-state index is 10.7. The zero-order valence-corrected chi connectivity index (χ0v) is 12.4. The van der Waals surface area contributed by atoms with Gasteiger partial charge >= 0.3 is 0 Å². The number of non-ortho nitro benzene ring substituents is 1. The van der Waals surface area contributed by atoms with Crippen LogP contribution in [-0.4, -0.2) is 35.5 Å². The molecule has 1 aromatic rings. The van der Waals surface area contributed by atoms with Crippen LogP contribution in [0, 0.1) is 10.1 Å². The van der Waals surface area contributed by atoms with Gasteiger partial charge < -0.3 is 5.32 Å². The fourth-order valence-electron chi connectivity index (χ4n) is 2.29. The van der Waals surface area contributed by atoms with E-state index in [-0.39, 0.29) is 5.69 Å². The number of nitrogens with one attached hydrogen (secondary N) is 1. The molecule has 20 heavy (non-hydrogen) atoms. The first kappa shape index (κ1) is 15.2. The smallest absolute Gasteiger partial charge is 0.269 e. The van der Waals surface area contributed by atoms with Crippen LogP contribution in [0.1, 0.15) is 25.3 Å². The Bertz CT molecular complexity index is 477. The molecule has 0 unspecified atom stereocenters. The van der Waals surface area contributed by atoms with Crippen LogP contribution >= 0.6 is 11.6 Å². The summed E-state index contributed by atoms with van der Waals surface area (Å²) in [6.45, 7) is 5.68. The molecule has 0 heterocycles. The van der Waals surface area contributed by atoms with Gasteiger partial charge in [-0.2, -0.15) is 0 Å². The van der Waals surface area contributed by atoms with Crippen molar-refractivity contribution in [2.24, 2.45) is 0 Å². The molecule has 6 heteroatoms. The van der Waals surface area contributed by atoms with Gasteiger partial charge in [-0.15, -0.1) is 0 Å². The van der Waals surface area contributed by atoms with E-state index in [4.69, 9.17) is 11.6 Å². The summed E-state index contributed by atoms with van der Waals surface area (Å²) in [5.41, 5.74) is 0.856. The van der Waals surface area contributed by atoms with Crippen molar-refractivity contribution in [1.82, 2.24) is 10.2 Å². The topological polar surface area (TPSA) is 58.4 Å². The largest absolute Gasteiger partial charge is 0.311 e. The number of rotatable bonds is 8. The van der Waals surface area contributed by atoms with Crippen molar-refractivity contribution in [3.63, 3.8) is 0 Å². The summed E-state index contributed by atoms with van der Waals surface area (Å²) in [7, 11) is 0. The lowest BCUT2D eigenvalue weighted by atomic mass is 10.2. The second kappa shape index (κ2) is 7.02. The zero-order chi connectivity index (χ0) is 14.5. The Morgan fingerprint density at radius 2 is 2.25 bits per heavy atom. The maximum Gasteiger partial charge on any atom is 0.269 e. The predicted molar refractivity (Wildman–Crippen MR) is 80.1 cm³/mol. The number of nitro groups is 1. The Morgan fingerprint density at radius 3 is 2.85 bits per heavy atom. The number of nitro benzene ring substituents is 1. The minimum atomic E-state index is -0.397. The summed E-state index contributed by atoms with van der Waals surface area (Å²) in [5, 5.41) is 14.6. The average molecular weight is 298 g/mol. The number of nitrogens with zero attached hydrogens (tertiary/aromatic N) is 2. The van der Waals surface area contributed by atoms with Crippen molar-refractivity contribution in [3.05, 3.63) is 38.9 Å². The SMILES string of the molecule is CCN(CCNCc1cc([N+](=O)[O-])ccc1Cl)C1CC1. The molecule has 1 fully saturated rings. The van der Waals surface area contributed by atoms with E-state index in [1.54, 1.807) is 6.07 Å². The van der Waals surface area contributed by atoms with Gasteiger partial charge in [-0.3, -0.25) is 15.0 Å². The molecular formula is C14H20ClN3O2. The normalized spacial score (nSPS) is 14.8. The van der Waals surface area contributed by atoms with Gasteiger partial charge in [-0.25, -0.2) is 0 Å². The van der Waals surface area contributed by atoms with Gasteiger partial charge in [0.1, 0.15) is 0 Å². The van der Waals surface area contributed by atoms with Crippen LogP contribution in [0.25, 0.3) is 0 Å². The number of hydrogen-bond acceptors (Lipinski definition) is 4. The minimum Gasteiger partial charge on any atom is -0.311 e. The van der Waals surface area contributed by atoms with Crippen LogP contribution in [0.5, 0.6) is 0 Å². The monoisotopic (exact) mass is 297 g/mol. The third kappa shape index (κ3) is 4.16. The van der Waals surface area contributed by atoms with Gasteiger partial charge in [0.05, 0.1) is 4.92 Å². The standard InChI is InChI=1S/C14H20ClN3O2/c1-2-17(12-3-4-12)8-7-16-10-11-9-13(18(19)20)5-6-14(11)15/h5-6,9,12,16H,2-4,7-8,10H2,1H3. The molecule has 0 atom stereocenters. The van der Waals surface area contributed by atoms with E-state index >= 15 is 0 Å². The minimum absolute atomic E-state index is 0.0827. The second-order valence-electron chi connectivity index (χ2n) is 5.07. The first-order valence-electron chi connectivity index (χ1n) is 6.99. The van der Waals surface area contributed by atoms with Gasteiger partial charge in [-0.1, -0.05) is 18.5 Å². The van der Waals surface area contributed by atoms with Gasteiger partial charge in [0.2, 0.25) is 0 Å². The second-order valence-corrected chi connectivity index (χ2v) is 5.48.